The number of carbonyl (C=O) groups is 3. The molecule has 0 aromatic heterocycles. The number of fused-ring (bicyclic) bond motifs is 2. The molecule has 1 heterocycles. The molecule has 0 atom stereocenters. The fourth-order valence-corrected chi connectivity index (χ4v) is 4.08. The van der Waals surface area contributed by atoms with Gasteiger partial charge in [-0.05, 0) is 54.2 Å². The third kappa shape index (κ3) is 3.59. The van der Waals surface area contributed by atoms with Gasteiger partial charge in [0.2, 0.25) is 0 Å². The van der Waals surface area contributed by atoms with Crippen LogP contribution in [0.25, 0.3) is 11.1 Å². The number of hydrogen-bond donors (Lipinski definition) is 0. The molecule has 0 spiro atoms. The molecule has 152 valence electrons. The highest BCUT2D eigenvalue weighted by atomic mass is 16.5. The van der Waals surface area contributed by atoms with Crippen molar-refractivity contribution in [3.8, 4) is 11.1 Å². The molecule has 3 aliphatic rings. The standard InChI is InChI=1S/C25H23NO4/c1-30-25(29)22-16-17(18-11-5-2-6-12-19(18)22)10-4-3-9-15-26-23(27)20-13-7-8-14-21(20)24(26)28/h2,5-8,11-14,16H,3-4,9-10,15H2,1H3. The van der Waals surface area contributed by atoms with Crippen LogP contribution in [0.1, 0.15) is 55.9 Å². The molecule has 2 amide bonds. The quantitative estimate of drug-likeness (QED) is 0.330. The number of rotatable bonds is 7. The average Bonchev–Trinajstić information content (AvgIpc) is 3.09. The minimum atomic E-state index is -0.330. The van der Waals surface area contributed by atoms with Crippen molar-refractivity contribution >= 4 is 17.8 Å². The van der Waals surface area contributed by atoms with Gasteiger partial charge in [0.1, 0.15) is 0 Å². The van der Waals surface area contributed by atoms with Gasteiger partial charge in [-0.15, -0.1) is 0 Å². The van der Waals surface area contributed by atoms with Crippen molar-refractivity contribution in [3.63, 3.8) is 0 Å². The molecule has 0 N–H and O–H groups in total. The zero-order valence-corrected chi connectivity index (χ0v) is 16.9. The van der Waals surface area contributed by atoms with Crippen LogP contribution in [0.3, 0.4) is 0 Å². The Labute approximate surface area is 175 Å². The van der Waals surface area contributed by atoms with E-state index in [9.17, 15) is 14.4 Å². The molecule has 1 aromatic rings. The molecule has 5 nitrogen and oxygen atoms in total. The molecule has 0 unspecified atom stereocenters. The Morgan fingerprint density at radius 3 is 2.07 bits per heavy atom. The summed E-state index contributed by atoms with van der Waals surface area (Å²) in [6.45, 7) is 0.427. The van der Waals surface area contributed by atoms with Gasteiger partial charge in [0.05, 0.1) is 23.8 Å². The first-order chi connectivity index (χ1) is 14.6. The second-order valence-corrected chi connectivity index (χ2v) is 7.43. The number of unbranched alkanes of at least 4 members (excludes halogenated alkanes) is 2. The van der Waals surface area contributed by atoms with Crippen LogP contribution in [0.4, 0.5) is 0 Å². The van der Waals surface area contributed by atoms with Gasteiger partial charge in [-0.3, -0.25) is 14.5 Å². The molecule has 30 heavy (non-hydrogen) atoms. The highest BCUT2D eigenvalue weighted by Gasteiger charge is 2.34. The lowest BCUT2D eigenvalue weighted by Gasteiger charge is -2.13. The molecule has 0 fully saturated rings. The van der Waals surface area contributed by atoms with Crippen molar-refractivity contribution in [2.24, 2.45) is 0 Å². The number of methoxy groups -OCH3 is 1. The fraction of sp³-hybridized carbons (Fsp3) is 0.240. The van der Waals surface area contributed by atoms with E-state index in [4.69, 9.17) is 4.74 Å². The lowest BCUT2D eigenvalue weighted by molar-refractivity contribution is 0.0599. The smallest absolute Gasteiger partial charge is 0.338 e. The normalized spacial score (nSPS) is 13.0. The summed E-state index contributed by atoms with van der Waals surface area (Å²) in [5.74, 6) is -0.733. The van der Waals surface area contributed by atoms with Gasteiger partial charge in [0.15, 0.2) is 0 Å². The van der Waals surface area contributed by atoms with Crippen molar-refractivity contribution in [1.29, 1.82) is 0 Å². The van der Waals surface area contributed by atoms with Crippen LogP contribution < -0.4 is 0 Å². The molecule has 0 saturated carbocycles. The Kier molecular flexibility index (Phi) is 5.61. The molecular formula is C25H23NO4. The third-order valence-corrected chi connectivity index (χ3v) is 5.60. The summed E-state index contributed by atoms with van der Waals surface area (Å²) in [5.41, 5.74) is 4.64. The lowest BCUT2D eigenvalue weighted by atomic mass is 10.0. The number of esters is 1. The minimum Gasteiger partial charge on any atom is -0.465 e. The maximum atomic E-state index is 12.4. The number of hydrogen-bond acceptors (Lipinski definition) is 4. The predicted octanol–water partition coefficient (Wildman–Crippen LogP) is 4.59. The van der Waals surface area contributed by atoms with Crippen LogP contribution in [-0.4, -0.2) is 36.3 Å². The van der Waals surface area contributed by atoms with Crippen LogP contribution >= 0.6 is 0 Å². The Hall–Kier alpha value is -3.47. The summed E-state index contributed by atoms with van der Waals surface area (Å²) in [7, 11) is 1.39. The van der Waals surface area contributed by atoms with E-state index >= 15 is 0 Å². The van der Waals surface area contributed by atoms with Gasteiger partial charge in [-0.1, -0.05) is 48.9 Å². The molecule has 2 aliphatic carbocycles. The summed E-state index contributed by atoms with van der Waals surface area (Å²) in [6, 6.07) is 18.7. The summed E-state index contributed by atoms with van der Waals surface area (Å²) < 4.78 is 4.93. The average molecular weight is 401 g/mol. The number of aryl methyl sites for hydroxylation is 1. The highest BCUT2D eigenvalue weighted by Crippen LogP contribution is 2.33. The van der Waals surface area contributed by atoms with Crippen molar-refractivity contribution < 1.29 is 19.1 Å². The summed E-state index contributed by atoms with van der Waals surface area (Å²) in [5, 5.41) is 0. The van der Waals surface area contributed by atoms with E-state index in [2.05, 4.69) is 0 Å². The molecule has 4 rings (SSSR count). The molecule has 5 heteroatoms. The second-order valence-electron chi connectivity index (χ2n) is 7.43. The van der Waals surface area contributed by atoms with Crippen molar-refractivity contribution in [2.45, 2.75) is 25.7 Å². The van der Waals surface area contributed by atoms with Crippen LogP contribution in [-0.2, 0) is 11.2 Å². The molecule has 0 saturated heterocycles. The lowest BCUT2D eigenvalue weighted by Crippen LogP contribution is -2.30. The van der Waals surface area contributed by atoms with Crippen LogP contribution in [0.2, 0.25) is 0 Å². The maximum absolute atomic E-state index is 12.4. The van der Waals surface area contributed by atoms with Crippen LogP contribution in [0.5, 0.6) is 0 Å². The molecule has 0 radical (unpaired) electrons. The molecular weight excluding hydrogens is 378 g/mol. The third-order valence-electron chi connectivity index (χ3n) is 5.60. The topological polar surface area (TPSA) is 63.7 Å². The molecule has 1 aromatic carbocycles. The van der Waals surface area contributed by atoms with Gasteiger partial charge < -0.3 is 4.74 Å². The van der Waals surface area contributed by atoms with E-state index in [1.54, 1.807) is 24.3 Å². The number of nitrogens with zero attached hydrogens (tertiary/aromatic N) is 1. The van der Waals surface area contributed by atoms with Crippen molar-refractivity contribution in [1.82, 2.24) is 4.90 Å². The maximum Gasteiger partial charge on any atom is 0.338 e. The Balaban J connectivity index is 1.36. The number of carbonyl (C=O) groups excluding carboxylic acids is 3. The van der Waals surface area contributed by atoms with E-state index in [0.717, 1.165) is 42.4 Å². The number of amides is 2. The second kappa shape index (κ2) is 8.49. The number of imide groups is 1. The van der Waals surface area contributed by atoms with Crippen LogP contribution in [0, 0.1) is 0 Å². The summed E-state index contributed by atoms with van der Waals surface area (Å²) in [6.07, 6.45) is 3.36. The zero-order chi connectivity index (χ0) is 21.1. The minimum absolute atomic E-state index is 0.201. The van der Waals surface area contributed by atoms with Crippen molar-refractivity contribution in [3.05, 3.63) is 82.9 Å². The van der Waals surface area contributed by atoms with E-state index in [-0.39, 0.29) is 17.8 Å². The number of ether oxygens (including phenoxy) is 1. The Bertz CT molecular complexity index is 1050. The van der Waals surface area contributed by atoms with E-state index < -0.39 is 0 Å². The van der Waals surface area contributed by atoms with E-state index in [0.29, 0.717) is 23.2 Å². The van der Waals surface area contributed by atoms with Gasteiger partial charge >= 0.3 is 5.97 Å². The largest absolute Gasteiger partial charge is 0.465 e. The first kappa shape index (κ1) is 19.8. The first-order valence-corrected chi connectivity index (χ1v) is 10.2. The monoisotopic (exact) mass is 401 g/mol. The van der Waals surface area contributed by atoms with E-state index in [1.165, 1.54) is 12.0 Å². The fourth-order valence-electron chi connectivity index (χ4n) is 4.08. The van der Waals surface area contributed by atoms with Crippen LogP contribution in [0.15, 0.2) is 60.7 Å². The zero-order valence-electron chi connectivity index (χ0n) is 16.9. The van der Waals surface area contributed by atoms with Crippen molar-refractivity contribution in [2.75, 3.05) is 13.7 Å². The SMILES string of the molecule is COC(=O)c1cc(CCCCCN2C(=O)c3ccccc3C2=O)c2cccccc1-2. The first-order valence-electron chi connectivity index (χ1n) is 10.2. The molecule has 0 bridgehead atoms. The Morgan fingerprint density at radius 1 is 0.800 bits per heavy atom. The van der Waals surface area contributed by atoms with Gasteiger partial charge in [0, 0.05) is 6.54 Å². The van der Waals surface area contributed by atoms with Gasteiger partial charge in [0.25, 0.3) is 11.8 Å². The van der Waals surface area contributed by atoms with Gasteiger partial charge in [-0.25, -0.2) is 4.79 Å². The Morgan fingerprint density at radius 2 is 1.40 bits per heavy atom. The summed E-state index contributed by atoms with van der Waals surface area (Å²) in [4.78, 5) is 38.3. The molecule has 1 aliphatic heterocycles. The summed E-state index contributed by atoms with van der Waals surface area (Å²) >= 11 is 0. The predicted molar refractivity (Wildman–Crippen MR) is 114 cm³/mol. The van der Waals surface area contributed by atoms with E-state index in [1.807, 2.05) is 36.4 Å². The van der Waals surface area contributed by atoms with Gasteiger partial charge in [-0.2, -0.15) is 0 Å². The number of benzene rings is 1. The highest BCUT2D eigenvalue weighted by molar-refractivity contribution is 6.21.